The van der Waals surface area contributed by atoms with E-state index in [-0.39, 0.29) is 4.75 Å². The molecule has 1 saturated heterocycles. The Balaban J connectivity index is 1.91. The zero-order valence-electron chi connectivity index (χ0n) is 16.7. The number of hydrogen-bond acceptors (Lipinski definition) is 6. The van der Waals surface area contributed by atoms with Gasteiger partial charge in [0, 0.05) is 44.5 Å². The molecule has 8 nitrogen and oxygen atoms in total. The molecule has 0 radical (unpaired) electrons. The molecule has 2 N–H and O–H groups in total. The SMILES string of the molecule is CSC(C)(C)CNC(=NCc1nnc(C)n1C)NCCN1CCOCC1. The van der Waals surface area contributed by atoms with E-state index in [0.29, 0.717) is 6.54 Å². The monoisotopic (exact) mass is 383 g/mol. The predicted molar refractivity (Wildman–Crippen MR) is 108 cm³/mol. The Morgan fingerprint density at radius 1 is 1.27 bits per heavy atom. The first-order valence-electron chi connectivity index (χ1n) is 9.13. The summed E-state index contributed by atoms with van der Waals surface area (Å²) in [5.41, 5.74) is 0. The van der Waals surface area contributed by atoms with Gasteiger partial charge in [0.2, 0.25) is 0 Å². The minimum Gasteiger partial charge on any atom is -0.379 e. The predicted octanol–water partition coefficient (Wildman–Crippen LogP) is 0.633. The van der Waals surface area contributed by atoms with Gasteiger partial charge in [-0.1, -0.05) is 0 Å². The fraction of sp³-hybridized carbons (Fsp3) is 0.824. The topological polar surface area (TPSA) is 79.6 Å². The van der Waals surface area contributed by atoms with Gasteiger partial charge < -0.3 is 19.9 Å². The molecule has 148 valence electrons. The van der Waals surface area contributed by atoms with Crippen molar-refractivity contribution in [3.8, 4) is 0 Å². The fourth-order valence-corrected chi connectivity index (χ4v) is 2.66. The minimum absolute atomic E-state index is 0.147. The fourth-order valence-electron chi connectivity index (χ4n) is 2.44. The molecule has 2 heterocycles. The lowest BCUT2D eigenvalue weighted by molar-refractivity contribution is 0.0389. The van der Waals surface area contributed by atoms with Crippen molar-refractivity contribution < 1.29 is 4.74 Å². The number of ether oxygens (including phenoxy) is 1. The molecule has 0 bridgehead atoms. The van der Waals surface area contributed by atoms with Crippen molar-refractivity contribution in [2.75, 3.05) is 52.2 Å². The van der Waals surface area contributed by atoms with Gasteiger partial charge in [-0.3, -0.25) is 4.90 Å². The Bertz CT molecular complexity index is 582. The summed E-state index contributed by atoms with van der Waals surface area (Å²) in [7, 11) is 1.97. The highest BCUT2D eigenvalue weighted by Crippen LogP contribution is 2.19. The third-order valence-electron chi connectivity index (χ3n) is 4.62. The van der Waals surface area contributed by atoms with Gasteiger partial charge in [0.1, 0.15) is 12.4 Å². The highest BCUT2D eigenvalue weighted by atomic mass is 32.2. The lowest BCUT2D eigenvalue weighted by Crippen LogP contribution is -2.47. The number of guanidine groups is 1. The van der Waals surface area contributed by atoms with Gasteiger partial charge in [-0.05, 0) is 27.0 Å². The largest absolute Gasteiger partial charge is 0.379 e. The first-order chi connectivity index (χ1) is 12.4. The number of nitrogens with one attached hydrogen (secondary N) is 2. The summed E-state index contributed by atoms with van der Waals surface area (Å²) in [6.07, 6.45) is 2.13. The first-order valence-corrected chi connectivity index (χ1v) is 10.4. The Morgan fingerprint density at radius 2 is 2.00 bits per heavy atom. The maximum atomic E-state index is 5.40. The molecule has 26 heavy (non-hydrogen) atoms. The van der Waals surface area contributed by atoms with Gasteiger partial charge in [0.05, 0.1) is 13.2 Å². The molecular formula is C17H33N7OS. The van der Waals surface area contributed by atoms with E-state index in [9.17, 15) is 0 Å². The Hall–Kier alpha value is -1.32. The van der Waals surface area contributed by atoms with Crippen LogP contribution in [-0.2, 0) is 18.3 Å². The highest BCUT2D eigenvalue weighted by Gasteiger charge is 2.17. The minimum atomic E-state index is 0.147. The molecule has 0 spiro atoms. The summed E-state index contributed by atoms with van der Waals surface area (Å²) in [5, 5.41) is 15.2. The van der Waals surface area contributed by atoms with Crippen LogP contribution in [0.25, 0.3) is 0 Å². The van der Waals surface area contributed by atoms with E-state index in [4.69, 9.17) is 9.73 Å². The number of aryl methyl sites for hydroxylation is 1. The molecule has 0 unspecified atom stereocenters. The van der Waals surface area contributed by atoms with E-state index in [1.54, 1.807) is 0 Å². The maximum Gasteiger partial charge on any atom is 0.191 e. The summed E-state index contributed by atoms with van der Waals surface area (Å²) < 4.78 is 7.52. The number of aliphatic imine (C=N–C) groups is 1. The smallest absolute Gasteiger partial charge is 0.191 e. The summed E-state index contributed by atoms with van der Waals surface area (Å²) in [6, 6.07) is 0. The van der Waals surface area contributed by atoms with E-state index in [2.05, 4.69) is 45.8 Å². The van der Waals surface area contributed by atoms with Crippen molar-refractivity contribution in [2.24, 2.45) is 12.0 Å². The number of hydrogen-bond donors (Lipinski definition) is 2. The van der Waals surface area contributed by atoms with E-state index >= 15 is 0 Å². The summed E-state index contributed by atoms with van der Waals surface area (Å²) in [6.45, 7) is 13.2. The van der Waals surface area contributed by atoms with E-state index in [0.717, 1.165) is 63.5 Å². The Kier molecular flexibility index (Phi) is 8.17. The molecule has 0 aromatic carbocycles. The molecule has 0 amide bonds. The quantitative estimate of drug-likeness (QED) is 0.503. The van der Waals surface area contributed by atoms with Crippen LogP contribution in [0.4, 0.5) is 0 Å². The molecule has 1 fully saturated rings. The van der Waals surface area contributed by atoms with Crippen molar-refractivity contribution in [2.45, 2.75) is 32.1 Å². The molecule has 1 aromatic heterocycles. The Morgan fingerprint density at radius 3 is 2.62 bits per heavy atom. The van der Waals surface area contributed by atoms with E-state index < -0.39 is 0 Å². The van der Waals surface area contributed by atoms with Crippen molar-refractivity contribution in [1.82, 2.24) is 30.3 Å². The normalized spacial score (nSPS) is 16.7. The zero-order chi connectivity index (χ0) is 19.0. The second kappa shape index (κ2) is 10.1. The van der Waals surface area contributed by atoms with Crippen LogP contribution in [0.15, 0.2) is 4.99 Å². The van der Waals surface area contributed by atoms with Gasteiger partial charge >= 0.3 is 0 Å². The van der Waals surface area contributed by atoms with Crippen LogP contribution in [0.2, 0.25) is 0 Å². The standard InChI is InChI=1S/C17H33N7OS/c1-14-21-22-15(23(14)4)12-19-16(20-13-17(2,3)26-5)18-6-7-24-8-10-25-11-9-24/h6-13H2,1-5H3,(H2,18,19,20). The average molecular weight is 384 g/mol. The molecule has 1 aromatic rings. The van der Waals surface area contributed by atoms with Gasteiger partial charge in [-0.2, -0.15) is 11.8 Å². The first kappa shape index (κ1) is 21.0. The second-order valence-corrected chi connectivity index (χ2v) is 8.60. The third kappa shape index (κ3) is 6.77. The maximum absolute atomic E-state index is 5.40. The van der Waals surface area contributed by atoms with E-state index in [1.165, 1.54) is 0 Å². The molecule has 1 aliphatic rings. The van der Waals surface area contributed by atoms with Crippen LogP contribution < -0.4 is 10.6 Å². The van der Waals surface area contributed by atoms with E-state index in [1.807, 2.05) is 30.3 Å². The van der Waals surface area contributed by atoms with Crippen molar-refractivity contribution in [3.63, 3.8) is 0 Å². The molecule has 1 aliphatic heterocycles. The number of rotatable bonds is 8. The molecule has 9 heteroatoms. The van der Waals surface area contributed by atoms with Crippen LogP contribution in [0, 0.1) is 6.92 Å². The number of morpholine rings is 1. The molecule has 0 atom stereocenters. The average Bonchev–Trinajstić information content (AvgIpc) is 2.96. The summed E-state index contributed by atoms with van der Waals surface area (Å²) in [4.78, 5) is 7.12. The lowest BCUT2D eigenvalue weighted by Gasteiger charge is -2.27. The van der Waals surface area contributed by atoms with Crippen LogP contribution in [0.1, 0.15) is 25.5 Å². The third-order valence-corrected chi connectivity index (χ3v) is 5.87. The van der Waals surface area contributed by atoms with Crippen molar-refractivity contribution >= 4 is 17.7 Å². The highest BCUT2D eigenvalue weighted by molar-refractivity contribution is 7.99. The van der Waals surface area contributed by atoms with Crippen molar-refractivity contribution in [1.29, 1.82) is 0 Å². The Labute approximate surface area is 161 Å². The van der Waals surface area contributed by atoms with Crippen molar-refractivity contribution in [3.05, 3.63) is 11.6 Å². The van der Waals surface area contributed by atoms with Crippen LogP contribution in [-0.4, -0.2) is 82.6 Å². The van der Waals surface area contributed by atoms with Gasteiger partial charge in [-0.25, -0.2) is 4.99 Å². The van der Waals surface area contributed by atoms with Crippen LogP contribution >= 0.6 is 11.8 Å². The molecule has 0 saturated carbocycles. The van der Waals surface area contributed by atoms with Gasteiger partial charge in [-0.15, -0.1) is 10.2 Å². The number of nitrogens with zero attached hydrogens (tertiary/aromatic N) is 5. The van der Waals surface area contributed by atoms with Gasteiger partial charge in [0.25, 0.3) is 0 Å². The molecular weight excluding hydrogens is 350 g/mol. The van der Waals surface area contributed by atoms with Gasteiger partial charge in [0.15, 0.2) is 11.8 Å². The number of aromatic nitrogens is 3. The summed E-state index contributed by atoms with van der Waals surface area (Å²) >= 11 is 1.84. The van der Waals surface area contributed by atoms with Crippen LogP contribution in [0.3, 0.4) is 0 Å². The number of thioether (sulfide) groups is 1. The molecule has 0 aliphatic carbocycles. The summed E-state index contributed by atoms with van der Waals surface area (Å²) in [5.74, 6) is 2.58. The molecule has 2 rings (SSSR count). The second-order valence-electron chi connectivity index (χ2n) is 7.09. The lowest BCUT2D eigenvalue weighted by atomic mass is 10.2. The zero-order valence-corrected chi connectivity index (χ0v) is 17.5. The van der Waals surface area contributed by atoms with Crippen LogP contribution in [0.5, 0.6) is 0 Å².